The van der Waals surface area contributed by atoms with Crippen molar-refractivity contribution in [2.75, 3.05) is 14.2 Å². The van der Waals surface area contributed by atoms with Gasteiger partial charge in [-0.05, 0) is 49.5 Å². The molecule has 0 saturated carbocycles. The summed E-state index contributed by atoms with van der Waals surface area (Å²) < 4.78 is 7.48. The van der Waals surface area contributed by atoms with Crippen LogP contribution in [0.25, 0.3) is 11.4 Å². The minimum Gasteiger partial charge on any atom is -0.496 e. The Morgan fingerprint density at radius 2 is 2.00 bits per heavy atom. The highest BCUT2D eigenvalue weighted by molar-refractivity contribution is 7.71. The van der Waals surface area contributed by atoms with Crippen molar-refractivity contribution in [1.82, 2.24) is 19.7 Å². The van der Waals surface area contributed by atoms with Crippen molar-refractivity contribution >= 4 is 29.7 Å². The molecule has 1 amide bonds. The second-order valence-corrected chi connectivity index (χ2v) is 7.33. The number of rotatable bonds is 6. The third-order valence-electron chi connectivity index (χ3n) is 4.42. The van der Waals surface area contributed by atoms with Crippen LogP contribution in [-0.2, 0) is 17.9 Å². The number of nitrogens with one attached hydrogen (secondary N) is 1. The number of benzene rings is 2. The molecule has 1 aromatic heterocycles. The number of hydrogen-bond acceptors (Lipinski definition) is 4. The first-order valence-corrected chi connectivity index (χ1v) is 9.46. The number of H-pyrrole nitrogens is 1. The molecular formula is C20H21ClN4O2S. The predicted octanol–water partition coefficient (Wildman–Crippen LogP) is 4.24. The highest BCUT2D eigenvalue weighted by Gasteiger charge is 2.17. The van der Waals surface area contributed by atoms with Crippen molar-refractivity contribution in [3.63, 3.8) is 0 Å². The van der Waals surface area contributed by atoms with Crippen molar-refractivity contribution in [2.24, 2.45) is 0 Å². The fourth-order valence-corrected chi connectivity index (χ4v) is 3.24. The maximum atomic E-state index is 12.8. The third kappa shape index (κ3) is 4.43. The fourth-order valence-electron chi connectivity index (χ4n) is 2.91. The Morgan fingerprint density at radius 3 is 2.68 bits per heavy atom. The monoisotopic (exact) mass is 416 g/mol. The van der Waals surface area contributed by atoms with Crippen LogP contribution in [-0.4, -0.2) is 39.7 Å². The van der Waals surface area contributed by atoms with Gasteiger partial charge in [-0.15, -0.1) is 0 Å². The molecule has 146 valence electrons. The van der Waals surface area contributed by atoms with Crippen LogP contribution in [0.5, 0.6) is 5.75 Å². The van der Waals surface area contributed by atoms with E-state index < -0.39 is 0 Å². The Balaban J connectivity index is 1.80. The molecule has 1 heterocycles. The van der Waals surface area contributed by atoms with Crippen molar-refractivity contribution in [1.29, 1.82) is 0 Å². The van der Waals surface area contributed by atoms with Gasteiger partial charge in [-0.3, -0.25) is 14.5 Å². The van der Waals surface area contributed by atoms with Crippen LogP contribution in [0.1, 0.15) is 11.1 Å². The predicted molar refractivity (Wildman–Crippen MR) is 112 cm³/mol. The lowest BCUT2D eigenvalue weighted by molar-refractivity contribution is -0.131. The second-order valence-electron chi connectivity index (χ2n) is 6.51. The van der Waals surface area contributed by atoms with Crippen molar-refractivity contribution in [3.05, 3.63) is 63.4 Å². The summed E-state index contributed by atoms with van der Waals surface area (Å²) in [6, 6.07) is 13.1. The molecule has 28 heavy (non-hydrogen) atoms. The van der Waals surface area contributed by atoms with Crippen LogP contribution in [0, 0.1) is 11.7 Å². The van der Waals surface area contributed by atoms with Gasteiger partial charge >= 0.3 is 0 Å². The molecule has 6 nitrogen and oxygen atoms in total. The number of halogens is 1. The molecule has 0 atom stereocenters. The molecule has 0 bridgehead atoms. The quantitative estimate of drug-likeness (QED) is 0.610. The first kappa shape index (κ1) is 20.1. The summed E-state index contributed by atoms with van der Waals surface area (Å²) in [6.45, 7) is 2.52. The largest absolute Gasteiger partial charge is 0.496 e. The number of likely N-dealkylation sites (N-methyl/N-ethyl adjacent to an activating group) is 1. The highest BCUT2D eigenvalue weighted by atomic mass is 35.5. The van der Waals surface area contributed by atoms with Crippen molar-refractivity contribution < 1.29 is 9.53 Å². The van der Waals surface area contributed by atoms with E-state index in [0.29, 0.717) is 22.2 Å². The zero-order chi connectivity index (χ0) is 20.3. The number of nitrogens with zero attached hydrogens (tertiary/aromatic N) is 3. The lowest BCUT2D eigenvalue weighted by Gasteiger charge is -2.20. The molecule has 8 heteroatoms. The van der Waals surface area contributed by atoms with Gasteiger partial charge in [0.25, 0.3) is 0 Å². The van der Waals surface area contributed by atoms with E-state index in [1.54, 1.807) is 35.8 Å². The van der Waals surface area contributed by atoms with E-state index in [9.17, 15) is 4.79 Å². The van der Waals surface area contributed by atoms with Crippen LogP contribution < -0.4 is 4.74 Å². The Morgan fingerprint density at radius 1 is 1.29 bits per heavy atom. The molecule has 0 fully saturated rings. The van der Waals surface area contributed by atoms with Gasteiger partial charge in [-0.25, -0.2) is 0 Å². The summed E-state index contributed by atoms with van der Waals surface area (Å²) in [7, 11) is 3.38. The highest BCUT2D eigenvalue weighted by Crippen LogP contribution is 2.22. The molecule has 3 aromatic rings. The van der Waals surface area contributed by atoms with Gasteiger partial charge in [0.2, 0.25) is 5.91 Å². The van der Waals surface area contributed by atoms with E-state index in [1.165, 1.54) is 0 Å². The molecule has 0 saturated heterocycles. The van der Waals surface area contributed by atoms with Gasteiger partial charge in [-0.1, -0.05) is 29.3 Å². The van der Waals surface area contributed by atoms with Crippen LogP contribution in [0.3, 0.4) is 0 Å². The molecule has 0 aliphatic heterocycles. The zero-order valence-corrected chi connectivity index (χ0v) is 17.5. The van der Waals surface area contributed by atoms with Crippen molar-refractivity contribution in [3.8, 4) is 17.1 Å². The average molecular weight is 417 g/mol. The van der Waals surface area contributed by atoms with Gasteiger partial charge in [-0.2, -0.15) is 5.10 Å². The molecule has 0 unspecified atom stereocenters. The van der Waals surface area contributed by atoms with Crippen LogP contribution in [0.15, 0.2) is 42.5 Å². The number of hydrogen-bond donors (Lipinski definition) is 1. The molecular weight excluding hydrogens is 396 g/mol. The van der Waals surface area contributed by atoms with E-state index in [-0.39, 0.29) is 12.5 Å². The number of aromatic amines is 1. The standard InChI is InChI=1S/C20H21ClN4O2S/c1-13-4-9-17(27-3)15(10-13)11-24(2)18(26)12-25-19(22-23-20(25)28)14-5-7-16(21)8-6-14/h4-10H,11-12H2,1-3H3,(H,23,28). The third-order valence-corrected chi connectivity index (χ3v) is 4.99. The molecule has 1 N–H and O–H groups in total. The van der Waals surface area contributed by atoms with E-state index in [0.717, 1.165) is 22.4 Å². The number of carbonyl (C=O) groups is 1. The van der Waals surface area contributed by atoms with E-state index in [1.807, 2.05) is 37.3 Å². The van der Waals surface area contributed by atoms with Gasteiger partial charge in [0.05, 0.1) is 7.11 Å². The lowest BCUT2D eigenvalue weighted by atomic mass is 10.1. The minimum absolute atomic E-state index is 0.0813. The number of aryl methyl sites for hydroxylation is 1. The van der Waals surface area contributed by atoms with E-state index >= 15 is 0 Å². The summed E-state index contributed by atoms with van der Waals surface area (Å²) in [6.07, 6.45) is 0. The molecule has 0 radical (unpaired) electrons. The Labute approximate surface area is 173 Å². The smallest absolute Gasteiger partial charge is 0.242 e. The van der Waals surface area contributed by atoms with Gasteiger partial charge in [0.15, 0.2) is 10.6 Å². The molecule has 3 rings (SSSR count). The summed E-state index contributed by atoms with van der Waals surface area (Å²) in [4.78, 5) is 14.5. The maximum absolute atomic E-state index is 12.8. The van der Waals surface area contributed by atoms with Gasteiger partial charge in [0.1, 0.15) is 12.3 Å². The second kappa shape index (κ2) is 8.58. The first-order valence-electron chi connectivity index (χ1n) is 8.67. The van der Waals surface area contributed by atoms with Crippen LogP contribution in [0.2, 0.25) is 5.02 Å². The molecule has 0 spiro atoms. The first-order chi connectivity index (χ1) is 13.4. The number of carbonyl (C=O) groups excluding carboxylic acids is 1. The topological polar surface area (TPSA) is 63.1 Å². The number of amides is 1. The van der Waals surface area contributed by atoms with Gasteiger partial charge in [0, 0.05) is 29.7 Å². The van der Waals surface area contributed by atoms with Crippen LogP contribution in [0.4, 0.5) is 0 Å². The SMILES string of the molecule is COc1ccc(C)cc1CN(C)C(=O)Cn1c(-c2ccc(Cl)cc2)n[nH]c1=S. The Hall–Kier alpha value is -2.64. The molecule has 0 aliphatic rings. The average Bonchev–Trinajstić information content (AvgIpc) is 3.03. The number of aromatic nitrogens is 3. The zero-order valence-electron chi connectivity index (χ0n) is 15.9. The molecule has 0 aliphatic carbocycles. The lowest BCUT2D eigenvalue weighted by Crippen LogP contribution is -2.30. The number of methoxy groups -OCH3 is 1. The van der Waals surface area contributed by atoms with Gasteiger partial charge < -0.3 is 9.64 Å². The Bertz CT molecular complexity index is 1040. The van der Waals surface area contributed by atoms with Crippen molar-refractivity contribution in [2.45, 2.75) is 20.0 Å². The molecule has 2 aromatic carbocycles. The fraction of sp³-hybridized carbons (Fsp3) is 0.250. The summed E-state index contributed by atoms with van der Waals surface area (Å²) in [5.41, 5.74) is 2.89. The van der Waals surface area contributed by atoms with Crippen LogP contribution >= 0.6 is 23.8 Å². The Kier molecular flexibility index (Phi) is 6.16. The summed E-state index contributed by atoms with van der Waals surface area (Å²) in [5, 5.41) is 7.66. The number of ether oxygens (including phenoxy) is 1. The summed E-state index contributed by atoms with van der Waals surface area (Å²) in [5.74, 6) is 1.26. The normalized spacial score (nSPS) is 10.7. The minimum atomic E-state index is -0.0868. The van der Waals surface area contributed by atoms with E-state index in [4.69, 9.17) is 28.6 Å². The van der Waals surface area contributed by atoms with E-state index in [2.05, 4.69) is 10.2 Å². The maximum Gasteiger partial charge on any atom is 0.242 e. The summed E-state index contributed by atoms with van der Waals surface area (Å²) >= 11 is 11.3.